The Kier molecular flexibility index (Phi) is 4.29. The fraction of sp³-hybridized carbons (Fsp3) is 0.278. The molecule has 0 atom stereocenters. The van der Waals surface area contributed by atoms with Crippen LogP contribution in [0.25, 0.3) is 10.6 Å². The fourth-order valence-corrected chi connectivity index (χ4v) is 4.01. The molecule has 2 aromatic heterocycles. The molecule has 134 valence electrons. The Morgan fingerprint density at radius 3 is 3.04 bits per heavy atom. The van der Waals surface area contributed by atoms with Crippen LogP contribution in [0, 0.1) is 12.7 Å². The third-order valence-electron chi connectivity index (χ3n) is 4.41. The molecule has 0 fully saturated rings. The average molecular weight is 371 g/mol. The van der Waals surface area contributed by atoms with Gasteiger partial charge in [-0.25, -0.2) is 9.37 Å². The molecule has 0 bridgehead atoms. The number of carbonyl (C=O) groups excluding carboxylic acids is 1. The summed E-state index contributed by atoms with van der Waals surface area (Å²) in [5.41, 5.74) is 3.31. The number of nitrogens with one attached hydrogen (secondary N) is 2. The molecule has 4 rings (SSSR count). The lowest BCUT2D eigenvalue weighted by Gasteiger charge is -2.19. The molecule has 3 aromatic rings. The number of nitrogens with zero attached hydrogens (tertiary/aromatic N) is 3. The Bertz CT molecular complexity index is 994. The standard InChI is InChI=1S/C18H18FN5OS/c1-10-16(26-18(22-10)12-8-21-24(2)9-12)17(25)23-14-4-3-11-7-20-6-5-13(11)15(14)19/h3-4,8-9,20H,5-7H2,1-2H3,(H,23,25). The van der Waals surface area contributed by atoms with E-state index in [1.807, 2.05) is 19.3 Å². The first-order valence-corrected chi connectivity index (χ1v) is 9.13. The van der Waals surface area contributed by atoms with Crippen LogP contribution in [-0.2, 0) is 20.0 Å². The minimum atomic E-state index is -0.345. The summed E-state index contributed by atoms with van der Waals surface area (Å²) >= 11 is 1.28. The molecule has 8 heteroatoms. The van der Waals surface area contributed by atoms with Crippen LogP contribution in [0.15, 0.2) is 24.5 Å². The van der Waals surface area contributed by atoms with E-state index < -0.39 is 0 Å². The molecule has 26 heavy (non-hydrogen) atoms. The van der Waals surface area contributed by atoms with Gasteiger partial charge in [0.25, 0.3) is 5.91 Å². The Balaban J connectivity index is 1.60. The van der Waals surface area contributed by atoms with Crippen LogP contribution < -0.4 is 10.6 Å². The van der Waals surface area contributed by atoms with Crippen LogP contribution in [0.4, 0.5) is 10.1 Å². The van der Waals surface area contributed by atoms with Crippen molar-refractivity contribution in [2.45, 2.75) is 19.9 Å². The lowest BCUT2D eigenvalue weighted by atomic mass is 9.99. The highest BCUT2D eigenvalue weighted by molar-refractivity contribution is 7.17. The monoisotopic (exact) mass is 371 g/mol. The van der Waals surface area contributed by atoms with Crippen molar-refractivity contribution in [3.8, 4) is 10.6 Å². The number of hydrogen-bond acceptors (Lipinski definition) is 5. The Labute approximate surface area is 154 Å². The number of aromatic nitrogens is 3. The molecule has 0 saturated carbocycles. The molecule has 0 radical (unpaired) electrons. The van der Waals surface area contributed by atoms with Crippen molar-refractivity contribution < 1.29 is 9.18 Å². The van der Waals surface area contributed by atoms with Crippen molar-refractivity contribution in [2.24, 2.45) is 7.05 Å². The number of benzene rings is 1. The maximum Gasteiger partial charge on any atom is 0.267 e. The molecule has 0 spiro atoms. The summed E-state index contributed by atoms with van der Waals surface area (Å²) in [5.74, 6) is -0.685. The second kappa shape index (κ2) is 6.62. The quantitative estimate of drug-likeness (QED) is 0.743. The molecule has 1 aromatic carbocycles. The first-order chi connectivity index (χ1) is 12.5. The summed E-state index contributed by atoms with van der Waals surface area (Å²) in [6, 6.07) is 3.48. The maximum absolute atomic E-state index is 14.7. The molecular weight excluding hydrogens is 353 g/mol. The first-order valence-electron chi connectivity index (χ1n) is 8.31. The van der Waals surface area contributed by atoms with E-state index in [1.165, 1.54) is 11.3 Å². The number of fused-ring (bicyclic) bond motifs is 1. The van der Waals surface area contributed by atoms with E-state index in [0.29, 0.717) is 29.1 Å². The number of hydrogen-bond donors (Lipinski definition) is 2. The molecule has 0 saturated heterocycles. The van der Waals surface area contributed by atoms with Gasteiger partial charge in [0.15, 0.2) is 0 Å². The number of rotatable bonds is 3. The van der Waals surface area contributed by atoms with E-state index in [9.17, 15) is 9.18 Å². The SMILES string of the molecule is Cc1nc(-c2cnn(C)c2)sc1C(=O)Nc1ccc2c(c1F)CCNC2. The van der Waals surface area contributed by atoms with Crippen LogP contribution in [0.5, 0.6) is 0 Å². The predicted molar refractivity (Wildman–Crippen MR) is 98.8 cm³/mol. The van der Waals surface area contributed by atoms with Gasteiger partial charge in [0.05, 0.1) is 17.6 Å². The summed E-state index contributed by atoms with van der Waals surface area (Å²) in [6.07, 6.45) is 4.17. The predicted octanol–water partition coefficient (Wildman–Crippen LogP) is 2.89. The molecule has 3 heterocycles. The van der Waals surface area contributed by atoms with Crippen LogP contribution >= 0.6 is 11.3 Å². The molecule has 1 amide bonds. The lowest BCUT2D eigenvalue weighted by molar-refractivity contribution is 0.102. The minimum Gasteiger partial charge on any atom is -0.319 e. The summed E-state index contributed by atoms with van der Waals surface area (Å²) in [7, 11) is 1.83. The first kappa shape index (κ1) is 16.9. The number of aryl methyl sites for hydroxylation is 2. The number of carbonyl (C=O) groups is 1. The van der Waals surface area contributed by atoms with Crippen LogP contribution in [0.1, 0.15) is 26.5 Å². The number of thiazole rings is 1. The van der Waals surface area contributed by atoms with Gasteiger partial charge < -0.3 is 10.6 Å². The van der Waals surface area contributed by atoms with Crippen molar-refractivity contribution in [2.75, 3.05) is 11.9 Å². The zero-order chi connectivity index (χ0) is 18.3. The van der Waals surface area contributed by atoms with Gasteiger partial charge in [-0.15, -0.1) is 11.3 Å². The van der Waals surface area contributed by atoms with Crippen LogP contribution in [0.3, 0.4) is 0 Å². The number of halogens is 1. The van der Waals surface area contributed by atoms with E-state index in [-0.39, 0.29) is 17.4 Å². The van der Waals surface area contributed by atoms with E-state index >= 15 is 0 Å². The zero-order valence-corrected chi connectivity index (χ0v) is 15.3. The van der Waals surface area contributed by atoms with Crippen LogP contribution in [-0.4, -0.2) is 27.2 Å². The third kappa shape index (κ3) is 3.02. The topological polar surface area (TPSA) is 71.8 Å². The van der Waals surface area contributed by atoms with E-state index in [1.54, 1.807) is 23.9 Å². The minimum absolute atomic E-state index is 0.214. The summed E-state index contributed by atoms with van der Waals surface area (Å²) in [5, 5.41) is 10.8. The molecule has 6 nitrogen and oxygen atoms in total. The van der Waals surface area contributed by atoms with Crippen molar-refractivity contribution in [1.29, 1.82) is 0 Å². The smallest absolute Gasteiger partial charge is 0.267 e. The molecule has 0 aliphatic carbocycles. The second-order valence-electron chi connectivity index (χ2n) is 6.28. The summed E-state index contributed by atoms with van der Waals surface area (Å²) in [4.78, 5) is 17.6. The second-order valence-corrected chi connectivity index (χ2v) is 7.28. The van der Waals surface area contributed by atoms with E-state index in [4.69, 9.17) is 0 Å². The lowest BCUT2D eigenvalue weighted by Crippen LogP contribution is -2.25. The highest BCUT2D eigenvalue weighted by atomic mass is 32.1. The Morgan fingerprint density at radius 2 is 2.27 bits per heavy atom. The van der Waals surface area contributed by atoms with Crippen molar-refractivity contribution in [3.05, 3.63) is 52.0 Å². The fourth-order valence-electron chi connectivity index (χ4n) is 3.07. The Hall–Kier alpha value is -2.58. The van der Waals surface area contributed by atoms with Gasteiger partial charge in [-0.05, 0) is 37.1 Å². The van der Waals surface area contributed by atoms with Gasteiger partial charge in [-0.1, -0.05) is 6.07 Å². The summed E-state index contributed by atoms with van der Waals surface area (Å²) < 4.78 is 16.4. The van der Waals surface area contributed by atoms with Crippen LogP contribution in [0.2, 0.25) is 0 Å². The van der Waals surface area contributed by atoms with E-state index in [2.05, 4.69) is 20.7 Å². The van der Waals surface area contributed by atoms with Gasteiger partial charge in [-0.2, -0.15) is 5.10 Å². The molecule has 1 aliphatic heterocycles. The Morgan fingerprint density at radius 1 is 1.42 bits per heavy atom. The van der Waals surface area contributed by atoms with Crippen molar-refractivity contribution >= 4 is 22.9 Å². The number of anilines is 1. The molecular formula is C18H18FN5OS. The highest BCUT2D eigenvalue weighted by Crippen LogP contribution is 2.29. The van der Waals surface area contributed by atoms with Gasteiger partial charge >= 0.3 is 0 Å². The summed E-state index contributed by atoms with van der Waals surface area (Å²) in [6.45, 7) is 3.17. The average Bonchev–Trinajstić information content (AvgIpc) is 3.23. The van der Waals surface area contributed by atoms with Gasteiger partial charge in [-0.3, -0.25) is 9.48 Å². The number of amides is 1. The third-order valence-corrected chi connectivity index (χ3v) is 5.62. The zero-order valence-electron chi connectivity index (χ0n) is 14.5. The normalized spacial score (nSPS) is 13.5. The van der Waals surface area contributed by atoms with E-state index in [0.717, 1.165) is 22.7 Å². The maximum atomic E-state index is 14.7. The molecule has 2 N–H and O–H groups in total. The van der Waals surface area contributed by atoms with Gasteiger partial charge in [0.1, 0.15) is 15.7 Å². The van der Waals surface area contributed by atoms with Crippen molar-refractivity contribution in [1.82, 2.24) is 20.1 Å². The molecule has 0 unspecified atom stereocenters. The van der Waals surface area contributed by atoms with Crippen molar-refractivity contribution in [3.63, 3.8) is 0 Å². The largest absolute Gasteiger partial charge is 0.319 e. The van der Waals surface area contributed by atoms with Gasteiger partial charge in [0, 0.05) is 25.4 Å². The molecule has 1 aliphatic rings. The van der Waals surface area contributed by atoms with Gasteiger partial charge in [0.2, 0.25) is 0 Å². The highest BCUT2D eigenvalue weighted by Gasteiger charge is 2.21.